The summed E-state index contributed by atoms with van der Waals surface area (Å²) < 4.78 is 0. The number of halogens is 1. The van der Waals surface area contributed by atoms with Gasteiger partial charge in [-0.1, -0.05) is 6.92 Å². The lowest BCUT2D eigenvalue weighted by atomic mass is 10.2. The van der Waals surface area contributed by atoms with Crippen molar-refractivity contribution in [3.05, 3.63) is 16.7 Å². The fraction of sp³-hybridized carbons (Fsp3) is 0.400. The summed E-state index contributed by atoms with van der Waals surface area (Å²) in [6.07, 6.45) is 0. The molecule has 0 radical (unpaired) electrons. The van der Waals surface area contributed by atoms with Crippen molar-refractivity contribution in [2.75, 3.05) is 18.5 Å². The van der Waals surface area contributed by atoms with Gasteiger partial charge in [-0.25, -0.2) is 9.97 Å². The molecule has 0 spiro atoms. The summed E-state index contributed by atoms with van der Waals surface area (Å²) in [5, 5.41) is 15.3. The van der Waals surface area contributed by atoms with E-state index in [-0.39, 0.29) is 17.8 Å². The zero-order chi connectivity index (χ0) is 11.5. The number of nitrogens with zero attached hydrogens (tertiary/aromatic N) is 2. The summed E-state index contributed by atoms with van der Waals surface area (Å²) in [6.45, 7) is 2.77. The molecule has 0 fully saturated rings. The van der Waals surface area contributed by atoms with Crippen LogP contribution in [0.3, 0.4) is 0 Å². The molecule has 86 valence electrons. The van der Waals surface area contributed by atoms with Crippen LogP contribution in [0.2, 0.25) is 5.28 Å². The van der Waals surface area contributed by atoms with Crippen LogP contribution in [0, 0.1) is 5.92 Å². The van der Waals surface area contributed by atoms with Crippen molar-refractivity contribution in [1.29, 1.82) is 0 Å². The minimum atomic E-state index is 0.151. The molecular weight excluding hydrogens is 246 g/mol. The smallest absolute Gasteiger partial charge is 0.225 e. The van der Waals surface area contributed by atoms with E-state index in [1.165, 1.54) is 11.3 Å². The first-order valence-electron chi connectivity index (χ1n) is 4.96. The molecule has 0 saturated carbocycles. The Kier molecular flexibility index (Phi) is 3.58. The second kappa shape index (κ2) is 4.95. The molecule has 0 bridgehead atoms. The highest BCUT2D eigenvalue weighted by atomic mass is 35.5. The van der Waals surface area contributed by atoms with Crippen LogP contribution in [0.25, 0.3) is 10.2 Å². The summed E-state index contributed by atoms with van der Waals surface area (Å²) >= 11 is 7.36. The van der Waals surface area contributed by atoms with E-state index < -0.39 is 0 Å². The number of thiophene rings is 1. The van der Waals surface area contributed by atoms with Gasteiger partial charge in [-0.2, -0.15) is 0 Å². The molecule has 0 aliphatic carbocycles. The monoisotopic (exact) mass is 257 g/mol. The van der Waals surface area contributed by atoms with Gasteiger partial charge in [-0.05, 0) is 29.0 Å². The molecule has 0 saturated heterocycles. The quantitative estimate of drug-likeness (QED) is 0.826. The third-order valence-corrected chi connectivity index (χ3v) is 3.20. The zero-order valence-corrected chi connectivity index (χ0v) is 10.3. The lowest BCUT2D eigenvalue weighted by Crippen LogP contribution is -2.15. The molecule has 6 heteroatoms. The van der Waals surface area contributed by atoms with Crippen LogP contribution in [0.5, 0.6) is 0 Å². The molecule has 0 amide bonds. The van der Waals surface area contributed by atoms with Gasteiger partial charge in [-0.15, -0.1) is 11.3 Å². The van der Waals surface area contributed by atoms with Crippen molar-refractivity contribution in [2.45, 2.75) is 6.92 Å². The van der Waals surface area contributed by atoms with Crippen molar-refractivity contribution in [3.8, 4) is 0 Å². The Labute approximate surface area is 102 Å². The molecule has 0 aliphatic rings. The summed E-state index contributed by atoms with van der Waals surface area (Å²) in [5.41, 5.74) is 0. The lowest BCUT2D eigenvalue weighted by Gasteiger charge is -2.10. The molecule has 1 atom stereocenters. The maximum atomic E-state index is 8.94. The van der Waals surface area contributed by atoms with Crippen LogP contribution in [0.4, 0.5) is 5.82 Å². The zero-order valence-electron chi connectivity index (χ0n) is 8.77. The Morgan fingerprint density at radius 1 is 1.56 bits per heavy atom. The van der Waals surface area contributed by atoms with Gasteiger partial charge >= 0.3 is 0 Å². The van der Waals surface area contributed by atoms with Crippen LogP contribution in [-0.2, 0) is 0 Å². The summed E-state index contributed by atoms with van der Waals surface area (Å²) in [7, 11) is 0. The SMILES string of the molecule is CC(CO)CNc1nc(Cl)nc2sccc12. The maximum Gasteiger partial charge on any atom is 0.225 e. The van der Waals surface area contributed by atoms with Crippen molar-refractivity contribution in [1.82, 2.24) is 9.97 Å². The second-order valence-electron chi connectivity index (χ2n) is 3.65. The van der Waals surface area contributed by atoms with Gasteiger partial charge in [-0.3, -0.25) is 0 Å². The van der Waals surface area contributed by atoms with Gasteiger partial charge in [0.25, 0.3) is 0 Å². The Bertz CT molecular complexity index is 488. The van der Waals surface area contributed by atoms with Crippen LogP contribution in [-0.4, -0.2) is 28.2 Å². The van der Waals surface area contributed by atoms with E-state index in [9.17, 15) is 0 Å². The van der Waals surface area contributed by atoms with Gasteiger partial charge in [0.15, 0.2) is 0 Å². The van der Waals surface area contributed by atoms with Gasteiger partial charge in [0.1, 0.15) is 10.6 Å². The number of aliphatic hydroxyl groups excluding tert-OH is 1. The summed E-state index contributed by atoms with van der Waals surface area (Å²) in [6, 6.07) is 1.96. The first-order valence-corrected chi connectivity index (χ1v) is 6.22. The molecule has 2 aromatic rings. The first kappa shape index (κ1) is 11.6. The van der Waals surface area contributed by atoms with Gasteiger partial charge in [0.2, 0.25) is 5.28 Å². The molecule has 2 rings (SSSR count). The fourth-order valence-corrected chi connectivity index (χ4v) is 2.28. The molecule has 4 nitrogen and oxygen atoms in total. The number of hydrogen-bond acceptors (Lipinski definition) is 5. The van der Waals surface area contributed by atoms with Crippen molar-refractivity contribution in [2.24, 2.45) is 5.92 Å². The van der Waals surface area contributed by atoms with Crippen molar-refractivity contribution in [3.63, 3.8) is 0 Å². The van der Waals surface area contributed by atoms with Gasteiger partial charge in [0.05, 0.1) is 5.39 Å². The standard InChI is InChI=1S/C10H12ClN3OS/c1-6(5-15)4-12-8-7-2-3-16-9(7)14-10(11)13-8/h2-3,6,15H,4-5H2,1H3,(H,12,13,14). The van der Waals surface area contributed by atoms with Gasteiger partial charge in [0, 0.05) is 13.2 Å². The number of fused-ring (bicyclic) bond motifs is 1. The normalized spacial score (nSPS) is 12.9. The number of nitrogens with one attached hydrogen (secondary N) is 1. The highest BCUT2D eigenvalue weighted by molar-refractivity contribution is 7.16. The Morgan fingerprint density at radius 2 is 2.38 bits per heavy atom. The molecule has 1 unspecified atom stereocenters. The predicted molar refractivity (Wildman–Crippen MR) is 67.2 cm³/mol. The largest absolute Gasteiger partial charge is 0.396 e. The Hall–Kier alpha value is -0.910. The minimum Gasteiger partial charge on any atom is -0.396 e. The van der Waals surface area contributed by atoms with E-state index in [0.717, 1.165) is 16.0 Å². The van der Waals surface area contributed by atoms with Crippen LogP contribution in [0.15, 0.2) is 11.4 Å². The Balaban J connectivity index is 2.25. The topological polar surface area (TPSA) is 58.0 Å². The van der Waals surface area contributed by atoms with E-state index in [0.29, 0.717) is 6.54 Å². The molecular formula is C10H12ClN3OS. The number of hydrogen-bond donors (Lipinski definition) is 2. The van der Waals surface area contributed by atoms with E-state index in [1.807, 2.05) is 18.4 Å². The van der Waals surface area contributed by atoms with E-state index in [2.05, 4.69) is 15.3 Å². The molecule has 0 aliphatic heterocycles. The third-order valence-electron chi connectivity index (χ3n) is 2.23. The molecule has 0 aromatic carbocycles. The molecule has 2 N–H and O–H groups in total. The summed E-state index contributed by atoms with van der Waals surface area (Å²) in [4.78, 5) is 9.15. The van der Waals surface area contributed by atoms with E-state index >= 15 is 0 Å². The summed E-state index contributed by atoms with van der Waals surface area (Å²) in [5.74, 6) is 0.916. The maximum absolute atomic E-state index is 8.94. The third kappa shape index (κ3) is 2.42. The average Bonchev–Trinajstić information content (AvgIpc) is 2.73. The number of rotatable bonds is 4. The fourth-order valence-electron chi connectivity index (χ4n) is 1.30. The van der Waals surface area contributed by atoms with Crippen LogP contribution < -0.4 is 5.32 Å². The second-order valence-corrected chi connectivity index (χ2v) is 4.88. The molecule has 2 aromatic heterocycles. The molecule has 16 heavy (non-hydrogen) atoms. The molecule has 2 heterocycles. The predicted octanol–water partition coefficient (Wildman–Crippen LogP) is 2.38. The van der Waals surface area contributed by atoms with Crippen LogP contribution >= 0.6 is 22.9 Å². The lowest BCUT2D eigenvalue weighted by molar-refractivity contribution is 0.244. The number of aliphatic hydroxyl groups is 1. The Morgan fingerprint density at radius 3 is 3.12 bits per heavy atom. The first-order chi connectivity index (χ1) is 7.70. The minimum absolute atomic E-state index is 0.151. The highest BCUT2D eigenvalue weighted by Crippen LogP contribution is 2.26. The van der Waals surface area contributed by atoms with Crippen molar-refractivity contribution >= 4 is 39.0 Å². The van der Waals surface area contributed by atoms with Gasteiger partial charge < -0.3 is 10.4 Å². The number of anilines is 1. The van der Waals surface area contributed by atoms with Crippen LogP contribution in [0.1, 0.15) is 6.92 Å². The van der Waals surface area contributed by atoms with E-state index in [1.54, 1.807) is 0 Å². The average molecular weight is 258 g/mol. The highest BCUT2D eigenvalue weighted by Gasteiger charge is 2.08. The number of aromatic nitrogens is 2. The van der Waals surface area contributed by atoms with E-state index in [4.69, 9.17) is 16.7 Å². The van der Waals surface area contributed by atoms with Crippen molar-refractivity contribution < 1.29 is 5.11 Å².